The van der Waals surface area contributed by atoms with Gasteiger partial charge in [0.15, 0.2) is 0 Å². The monoisotopic (exact) mass is 479 g/mol. The van der Waals surface area contributed by atoms with Gasteiger partial charge < -0.3 is 15.2 Å². The van der Waals surface area contributed by atoms with Crippen molar-refractivity contribution in [2.75, 3.05) is 6.61 Å². The molecule has 0 saturated carbocycles. The summed E-state index contributed by atoms with van der Waals surface area (Å²) in [5.41, 5.74) is 5.51. The van der Waals surface area contributed by atoms with Crippen molar-refractivity contribution >= 4 is 28.0 Å². The number of halogens is 1. The minimum atomic E-state index is -0.973. The zero-order chi connectivity index (χ0) is 21.8. The lowest BCUT2D eigenvalue weighted by molar-refractivity contribution is -0.137. The van der Waals surface area contributed by atoms with Crippen LogP contribution in [0.3, 0.4) is 0 Å². The van der Waals surface area contributed by atoms with Crippen molar-refractivity contribution in [3.05, 3.63) is 94.0 Å². The van der Waals surface area contributed by atoms with Gasteiger partial charge in [0.25, 0.3) is 0 Å². The summed E-state index contributed by atoms with van der Waals surface area (Å²) in [5.74, 6) is -1.01. The second-order valence-electron chi connectivity index (χ2n) is 7.60. The fourth-order valence-electron chi connectivity index (χ4n) is 4.14. The van der Waals surface area contributed by atoms with Crippen LogP contribution in [0.15, 0.2) is 77.3 Å². The normalized spacial score (nSPS) is 13.2. The minimum absolute atomic E-state index is 0.0406. The second-order valence-corrected chi connectivity index (χ2v) is 8.51. The van der Waals surface area contributed by atoms with Crippen molar-refractivity contribution in [3.63, 3.8) is 0 Å². The van der Waals surface area contributed by atoms with E-state index in [0.29, 0.717) is 6.42 Å². The molecule has 0 aromatic heterocycles. The van der Waals surface area contributed by atoms with Gasteiger partial charge in [-0.1, -0.05) is 76.6 Å². The van der Waals surface area contributed by atoms with Gasteiger partial charge in [0, 0.05) is 16.4 Å². The lowest BCUT2D eigenvalue weighted by atomic mass is 9.98. The van der Waals surface area contributed by atoms with Crippen molar-refractivity contribution in [2.24, 2.45) is 0 Å². The van der Waals surface area contributed by atoms with E-state index >= 15 is 0 Å². The molecular formula is C25H22BrNO4. The van der Waals surface area contributed by atoms with E-state index in [1.54, 1.807) is 0 Å². The van der Waals surface area contributed by atoms with Crippen LogP contribution in [0.1, 0.15) is 29.0 Å². The van der Waals surface area contributed by atoms with Gasteiger partial charge in [-0.15, -0.1) is 0 Å². The van der Waals surface area contributed by atoms with Gasteiger partial charge in [0.2, 0.25) is 0 Å². The molecule has 1 atom stereocenters. The van der Waals surface area contributed by atoms with Crippen molar-refractivity contribution in [2.45, 2.75) is 24.8 Å². The highest BCUT2D eigenvalue weighted by atomic mass is 79.9. The van der Waals surface area contributed by atoms with E-state index in [0.717, 1.165) is 32.3 Å². The fourth-order valence-corrected chi connectivity index (χ4v) is 4.59. The van der Waals surface area contributed by atoms with Gasteiger partial charge in [-0.2, -0.15) is 0 Å². The number of ether oxygens (including phenoxy) is 1. The maximum absolute atomic E-state index is 12.5. The zero-order valence-electron chi connectivity index (χ0n) is 16.8. The molecule has 0 bridgehead atoms. The number of hydrogen-bond donors (Lipinski definition) is 2. The van der Waals surface area contributed by atoms with Crippen molar-refractivity contribution in [1.82, 2.24) is 5.32 Å². The minimum Gasteiger partial charge on any atom is -0.481 e. The average molecular weight is 480 g/mol. The highest BCUT2D eigenvalue weighted by Crippen LogP contribution is 2.44. The van der Waals surface area contributed by atoms with E-state index < -0.39 is 18.1 Å². The summed E-state index contributed by atoms with van der Waals surface area (Å²) in [6.07, 6.45) is -0.393. The third-order valence-corrected chi connectivity index (χ3v) is 5.95. The van der Waals surface area contributed by atoms with Gasteiger partial charge in [0.1, 0.15) is 6.61 Å². The molecule has 158 valence electrons. The Morgan fingerprint density at radius 3 is 2.23 bits per heavy atom. The molecule has 4 rings (SSSR count). The lowest BCUT2D eigenvalue weighted by Crippen LogP contribution is -2.39. The summed E-state index contributed by atoms with van der Waals surface area (Å²) in [6, 6.07) is 23.3. The molecule has 0 saturated heterocycles. The molecule has 0 fully saturated rings. The van der Waals surface area contributed by atoms with E-state index in [9.17, 15) is 14.7 Å². The van der Waals surface area contributed by atoms with Gasteiger partial charge in [-0.3, -0.25) is 4.79 Å². The van der Waals surface area contributed by atoms with Crippen molar-refractivity contribution in [3.8, 4) is 11.1 Å². The van der Waals surface area contributed by atoms with E-state index in [2.05, 4.69) is 45.5 Å². The number of hydrogen-bond acceptors (Lipinski definition) is 3. The number of nitrogens with one attached hydrogen (secondary N) is 1. The molecule has 0 radical (unpaired) electrons. The first-order valence-electron chi connectivity index (χ1n) is 10.1. The van der Waals surface area contributed by atoms with Gasteiger partial charge in [0.05, 0.1) is 6.42 Å². The maximum Gasteiger partial charge on any atom is 0.407 e. The summed E-state index contributed by atoms with van der Waals surface area (Å²) in [7, 11) is 0. The zero-order valence-corrected chi connectivity index (χ0v) is 18.3. The number of carboxylic acids is 1. The van der Waals surface area contributed by atoms with Crippen LogP contribution in [0.25, 0.3) is 11.1 Å². The summed E-state index contributed by atoms with van der Waals surface area (Å²) in [4.78, 5) is 23.8. The van der Waals surface area contributed by atoms with E-state index in [4.69, 9.17) is 4.74 Å². The van der Waals surface area contributed by atoms with Crippen molar-refractivity contribution in [1.29, 1.82) is 0 Å². The van der Waals surface area contributed by atoms with E-state index in [-0.39, 0.29) is 18.9 Å². The Hall–Kier alpha value is -3.12. The molecule has 0 heterocycles. The first-order valence-corrected chi connectivity index (χ1v) is 10.9. The number of aliphatic carboxylic acids is 1. The van der Waals surface area contributed by atoms with Crippen LogP contribution in [0.5, 0.6) is 0 Å². The smallest absolute Gasteiger partial charge is 0.407 e. The van der Waals surface area contributed by atoms with Crippen LogP contribution < -0.4 is 5.32 Å². The van der Waals surface area contributed by atoms with Crippen LogP contribution in [0.4, 0.5) is 4.79 Å². The van der Waals surface area contributed by atoms with E-state index in [1.807, 2.05) is 48.5 Å². The van der Waals surface area contributed by atoms with Gasteiger partial charge in [-0.25, -0.2) is 4.79 Å². The largest absolute Gasteiger partial charge is 0.481 e. The average Bonchev–Trinajstić information content (AvgIpc) is 3.06. The van der Waals surface area contributed by atoms with Crippen LogP contribution in [0.2, 0.25) is 0 Å². The molecule has 2 N–H and O–H groups in total. The summed E-state index contributed by atoms with van der Waals surface area (Å²) < 4.78 is 6.46. The first-order chi connectivity index (χ1) is 15.0. The molecule has 0 spiro atoms. The van der Waals surface area contributed by atoms with Crippen LogP contribution >= 0.6 is 15.9 Å². The Morgan fingerprint density at radius 2 is 1.61 bits per heavy atom. The molecule has 0 aliphatic heterocycles. The number of carboxylic acid groups (broad SMARTS) is 1. The number of alkyl carbamates (subject to hydrolysis) is 1. The molecular weight excluding hydrogens is 458 g/mol. The predicted molar refractivity (Wildman–Crippen MR) is 122 cm³/mol. The molecule has 1 amide bonds. The second kappa shape index (κ2) is 9.35. The number of amides is 1. The van der Waals surface area contributed by atoms with Crippen LogP contribution in [-0.2, 0) is 16.0 Å². The summed E-state index contributed by atoms with van der Waals surface area (Å²) in [5, 5.41) is 12.0. The number of rotatable bonds is 7. The molecule has 3 aromatic rings. The maximum atomic E-state index is 12.5. The van der Waals surface area contributed by atoms with Gasteiger partial charge in [-0.05, 0) is 46.4 Å². The lowest BCUT2D eigenvalue weighted by Gasteiger charge is -2.19. The highest BCUT2D eigenvalue weighted by Gasteiger charge is 2.29. The molecule has 0 unspecified atom stereocenters. The highest BCUT2D eigenvalue weighted by molar-refractivity contribution is 9.10. The Labute approximate surface area is 189 Å². The fraction of sp³-hybridized carbons (Fsp3) is 0.200. The SMILES string of the molecule is O=C(O)C[C@@H](Cc1cccc(Br)c1)NC(=O)OCC1c2ccccc2-c2ccccc21. The Morgan fingerprint density at radius 1 is 0.968 bits per heavy atom. The first kappa shape index (κ1) is 21.1. The third-order valence-electron chi connectivity index (χ3n) is 5.46. The summed E-state index contributed by atoms with van der Waals surface area (Å²) in [6.45, 7) is 0.191. The third kappa shape index (κ3) is 4.97. The molecule has 1 aliphatic rings. The topological polar surface area (TPSA) is 75.6 Å². The van der Waals surface area contributed by atoms with E-state index in [1.165, 1.54) is 0 Å². The Bertz CT molecular complexity index is 1070. The quantitative estimate of drug-likeness (QED) is 0.477. The number of carbonyl (C=O) groups is 2. The molecule has 6 heteroatoms. The van der Waals surface area contributed by atoms with Crippen LogP contribution in [-0.4, -0.2) is 29.8 Å². The summed E-state index contributed by atoms with van der Waals surface area (Å²) >= 11 is 3.41. The molecule has 5 nitrogen and oxygen atoms in total. The number of benzene rings is 3. The Kier molecular flexibility index (Phi) is 6.37. The molecule has 31 heavy (non-hydrogen) atoms. The molecule has 1 aliphatic carbocycles. The Balaban J connectivity index is 1.43. The number of carbonyl (C=O) groups excluding carboxylic acids is 1. The molecule has 3 aromatic carbocycles. The standard InChI is InChI=1S/C25H22BrNO4/c26-17-7-5-6-16(12-17)13-18(14-24(28)29)27-25(30)31-15-23-21-10-3-1-8-19(21)20-9-2-4-11-22(20)23/h1-12,18,23H,13-15H2,(H,27,30)(H,28,29)/t18-/m1/s1. The number of fused-ring (bicyclic) bond motifs is 3. The van der Waals surface area contributed by atoms with Crippen LogP contribution in [0, 0.1) is 0 Å². The van der Waals surface area contributed by atoms with Crippen molar-refractivity contribution < 1.29 is 19.4 Å². The van der Waals surface area contributed by atoms with Gasteiger partial charge >= 0.3 is 12.1 Å². The predicted octanol–water partition coefficient (Wildman–Crippen LogP) is 5.37.